The Kier molecular flexibility index (Phi) is 8.19. The number of pyridine rings is 1. The molecule has 0 spiro atoms. The van der Waals surface area contributed by atoms with Gasteiger partial charge in [-0.25, -0.2) is 9.37 Å². The van der Waals surface area contributed by atoms with Crippen molar-refractivity contribution in [2.75, 3.05) is 44.6 Å². The Morgan fingerprint density at radius 2 is 1.82 bits per heavy atom. The molecule has 7 heteroatoms. The summed E-state index contributed by atoms with van der Waals surface area (Å²) < 4.78 is 26.1. The Hall–Kier alpha value is -2.90. The maximum absolute atomic E-state index is 13.9. The summed E-state index contributed by atoms with van der Waals surface area (Å²) in [6, 6.07) is 10.4. The zero-order chi connectivity index (χ0) is 23.9. The second-order valence-corrected chi connectivity index (χ2v) is 8.70. The second kappa shape index (κ2) is 11.5. The summed E-state index contributed by atoms with van der Waals surface area (Å²) >= 11 is 0. The standard InChI is InChI=1S/C27H35FN4O2/c1-3-5-13-32(14-6-4-2)15-16-33-20-8-9-23-21(18-20)25(30-12-11-29)27-26(31-23)22-17-19(28)7-10-24(22)34-27/h7-10,17-18H,3-6,11-16,29H2,1-2H3,(H,30,31). The Balaban J connectivity index is 1.62. The molecule has 4 rings (SSSR count). The number of nitrogens with one attached hydrogen (secondary N) is 1. The highest BCUT2D eigenvalue weighted by Crippen LogP contribution is 2.38. The van der Waals surface area contributed by atoms with Crippen LogP contribution in [0.3, 0.4) is 0 Å². The minimum atomic E-state index is -0.316. The van der Waals surface area contributed by atoms with Crippen LogP contribution in [0.2, 0.25) is 0 Å². The first-order valence-corrected chi connectivity index (χ1v) is 12.4. The lowest BCUT2D eigenvalue weighted by atomic mass is 10.1. The van der Waals surface area contributed by atoms with Crippen LogP contribution >= 0.6 is 0 Å². The van der Waals surface area contributed by atoms with Crippen molar-refractivity contribution in [3.8, 4) is 5.75 Å². The largest absolute Gasteiger partial charge is 0.492 e. The number of ether oxygens (including phenoxy) is 1. The van der Waals surface area contributed by atoms with E-state index in [-0.39, 0.29) is 5.82 Å². The predicted molar refractivity (Wildman–Crippen MR) is 138 cm³/mol. The average Bonchev–Trinajstić information content (AvgIpc) is 3.20. The van der Waals surface area contributed by atoms with Gasteiger partial charge in [0.05, 0.1) is 11.2 Å². The lowest BCUT2D eigenvalue weighted by Crippen LogP contribution is -2.30. The first kappa shape index (κ1) is 24.2. The van der Waals surface area contributed by atoms with Crippen molar-refractivity contribution < 1.29 is 13.5 Å². The number of fused-ring (bicyclic) bond motifs is 4. The Morgan fingerprint density at radius 3 is 2.56 bits per heavy atom. The number of benzene rings is 2. The van der Waals surface area contributed by atoms with Gasteiger partial charge in [-0.3, -0.25) is 4.90 Å². The fraction of sp³-hybridized carbons (Fsp3) is 0.444. The Morgan fingerprint density at radius 1 is 1.03 bits per heavy atom. The van der Waals surface area contributed by atoms with Crippen molar-refractivity contribution in [3.05, 3.63) is 42.2 Å². The molecule has 0 unspecified atom stereocenters. The van der Waals surface area contributed by atoms with Crippen LogP contribution in [0.5, 0.6) is 5.75 Å². The number of rotatable bonds is 13. The molecule has 0 atom stereocenters. The number of hydrogen-bond donors (Lipinski definition) is 2. The van der Waals surface area contributed by atoms with Gasteiger partial charge in [0, 0.05) is 30.4 Å². The van der Waals surface area contributed by atoms with E-state index in [1.165, 1.54) is 37.8 Å². The zero-order valence-electron chi connectivity index (χ0n) is 20.2. The summed E-state index contributed by atoms with van der Waals surface area (Å²) in [5.74, 6) is 0.474. The number of unbranched alkanes of at least 4 members (excludes halogenated alkanes) is 2. The van der Waals surface area contributed by atoms with Gasteiger partial charge in [-0.15, -0.1) is 0 Å². The van der Waals surface area contributed by atoms with Gasteiger partial charge in [-0.05, 0) is 62.3 Å². The third-order valence-electron chi connectivity index (χ3n) is 6.10. The second-order valence-electron chi connectivity index (χ2n) is 8.70. The fourth-order valence-electron chi connectivity index (χ4n) is 4.25. The van der Waals surface area contributed by atoms with Crippen LogP contribution in [0.25, 0.3) is 33.0 Å². The Bertz CT molecular complexity index is 1230. The van der Waals surface area contributed by atoms with Crippen molar-refractivity contribution in [2.24, 2.45) is 5.73 Å². The molecule has 34 heavy (non-hydrogen) atoms. The van der Waals surface area contributed by atoms with E-state index in [9.17, 15) is 4.39 Å². The van der Waals surface area contributed by atoms with Gasteiger partial charge >= 0.3 is 0 Å². The van der Waals surface area contributed by atoms with Crippen molar-refractivity contribution in [2.45, 2.75) is 39.5 Å². The predicted octanol–water partition coefficient (Wildman–Crippen LogP) is 5.92. The van der Waals surface area contributed by atoms with E-state index in [1.807, 2.05) is 18.2 Å². The lowest BCUT2D eigenvalue weighted by Gasteiger charge is -2.22. The zero-order valence-corrected chi connectivity index (χ0v) is 20.2. The maximum Gasteiger partial charge on any atom is 0.177 e. The van der Waals surface area contributed by atoms with Crippen LogP contribution in [-0.2, 0) is 0 Å². The lowest BCUT2D eigenvalue weighted by molar-refractivity contribution is 0.204. The molecule has 0 bridgehead atoms. The number of anilines is 1. The number of halogens is 1. The molecule has 0 saturated carbocycles. The third kappa shape index (κ3) is 5.42. The van der Waals surface area contributed by atoms with Crippen LogP contribution < -0.4 is 15.8 Å². The van der Waals surface area contributed by atoms with E-state index in [1.54, 1.807) is 6.07 Å². The minimum Gasteiger partial charge on any atom is -0.492 e. The number of nitrogens with zero attached hydrogens (tertiary/aromatic N) is 2. The molecule has 6 nitrogen and oxygen atoms in total. The highest BCUT2D eigenvalue weighted by atomic mass is 19.1. The van der Waals surface area contributed by atoms with E-state index < -0.39 is 0 Å². The monoisotopic (exact) mass is 466 g/mol. The smallest absolute Gasteiger partial charge is 0.177 e. The quantitative estimate of drug-likeness (QED) is 0.255. The van der Waals surface area contributed by atoms with Gasteiger partial charge in [0.1, 0.15) is 29.3 Å². The summed E-state index contributed by atoms with van der Waals surface area (Å²) in [5, 5.41) is 4.94. The summed E-state index contributed by atoms with van der Waals surface area (Å²) in [7, 11) is 0. The molecular weight excluding hydrogens is 431 g/mol. The van der Waals surface area contributed by atoms with Crippen LogP contribution in [0.15, 0.2) is 40.8 Å². The van der Waals surface area contributed by atoms with Crippen LogP contribution in [-0.4, -0.2) is 49.2 Å². The normalized spacial score (nSPS) is 11.8. The first-order chi connectivity index (χ1) is 16.6. The first-order valence-electron chi connectivity index (χ1n) is 12.4. The van der Waals surface area contributed by atoms with Crippen molar-refractivity contribution in [1.82, 2.24) is 9.88 Å². The number of furan rings is 1. The van der Waals surface area contributed by atoms with Gasteiger partial charge in [0.15, 0.2) is 5.58 Å². The van der Waals surface area contributed by atoms with Gasteiger partial charge in [0.25, 0.3) is 0 Å². The summed E-state index contributed by atoms with van der Waals surface area (Å²) in [6.45, 7) is 9.26. The number of hydrogen-bond acceptors (Lipinski definition) is 6. The molecule has 0 fully saturated rings. The molecule has 2 heterocycles. The average molecular weight is 467 g/mol. The van der Waals surface area contributed by atoms with E-state index in [0.717, 1.165) is 42.0 Å². The summed E-state index contributed by atoms with van der Waals surface area (Å²) in [6.07, 6.45) is 4.81. The van der Waals surface area contributed by atoms with Gasteiger partial charge in [0.2, 0.25) is 0 Å². The highest BCUT2D eigenvalue weighted by Gasteiger charge is 2.17. The van der Waals surface area contributed by atoms with E-state index in [4.69, 9.17) is 19.9 Å². The molecule has 0 saturated heterocycles. The third-order valence-corrected chi connectivity index (χ3v) is 6.10. The molecular formula is C27H35FN4O2. The fourth-order valence-corrected chi connectivity index (χ4v) is 4.25. The van der Waals surface area contributed by atoms with E-state index in [2.05, 4.69) is 24.1 Å². The van der Waals surface area contributed by atoms with E-state index in [0.29, 0.717) is 41.8 Å². The van der Waals surface area contributed by atoms with Crippen molar-refractivity contribution in [3.63, 3.8) is 0 Å². The van der Waals surface area contributed by atoms with Gasteiger partial charge < -0.3 is 20.2 Å². The van der Waals surface area contributed by atoms with Crippen LogP contribution in [0, 0.1) is 5.82 Å². The molecule has 0 aliphatic heterocycles. The molecule has 2 aromatic carbocycles. The highest BCUT2D eigenvalue weighted by molar-refractivity contribution is 6.14. The molecule has 0 amide bonds. The molecule has 182 valence electrons. The van der Waals surface area contributed by atoms with Crippen molar-refractivity contribution in [1.29, 1.82) is 0 Å². The SMILES string of the molecule is CCCCN(CCCC)CCOc1ccc2nc3c(oc4ccc(F)cc43)c(NCCN)c2c1. The van der Waals surface area contributed by atoms with Gasteiger partial charge in [-0.2, -0.15) is 0 Å². The topological polar surface area (TPSA) is 76.5 Å². The van der Waals surface area contributed by atoms with Crippen molar-refractivity contribution >= 4 is 38.7 Å². The Labute approximate surface area is 200 Å². The molecule has 0 aliphatic carbocycles. The van der Waals surface area contributed by atoms with Crippen LogP contribution in [0.4, 0.5) is 10.1 Å². The minimum absolute atomic E-state index is 0.316. The summed E-state index contributed by atoms with van der Waals surface area (Å²) in [5.41, 5.74) is 9.20. The number of aromatic nitrogens is 1. The van der Waals surface area contributed by atoms with Gasteiger partial charge in [-0.1, -0.05) is 26.7 Å². The molecule has 0 radical (unpaired) electrons. The maximum atomic E-state index is 13.9. The molecule has 2 aromatic heterocycles. The summed E-state index contributed by atoms with van der Waals surface area (Å²) in [4.78, 5) is 7.28. The molecule has 0 aliphatic rings. The van der Waals surface area contributed by atoms with Crippen LogP contribution in [0.1, 0.15) is 39.5 Å². The van der Waals surface area contributed by atoms with E-state index >= 15 is 0 Å². The number of nitrogens with two attached hydrogens (primary N) is 1. The molecule has 3 N–H and O–H groups in total. The molecule has 4 aromatic rings.